The Hall–Kier alpha value is -9.20. The van der Waals surface area contributed by atoms with Crippen molar-refractivity contribution in [1.29, 1.82) is 0 Å². The highest BCUT2D eigenvalue weighted by Crippen LogP contribution is 2.46. The Kier molecular flexibility index (Phi) is 11.9. The summed E-state index contributed by atoms with van der Waals surface area (Å²) in [4.78, 5) is 30.2. The SMILES string of the molecule is CC(C)(C)c1cc(-c2ccc(-c3nc(-c4ccccc4)nc(-c4ccccc4)n3)cc2)c2c(c1)c1cc(C(C)(C)C)cc(-c3ccc(-c4nc(-c5ccccc5)nc(-c5ccccc5)n4)cc3)c1n2-c1ccccc1. The van der Waals surface area contributed by atoms with E-state index in [1.54, 1.807) is 0 Å². The van der Waals surface area contributed by atoms with Crippen LogP contribution >= 0.6 is 0 Å². The molecule has 75 heavy (non-hydrogen) atoms. The highest BCUT2D eigenvalue weighted by molar-refractivity contribution is 6.18. The Bertz CT molecular complexity index is 3650. The van der Waals surface area contributed by atoms with E-state index >= 15 is 0 Å². The number of benzene rings is 9. The van der Waals surface area contributed by atoms with Crippen molar-refractivity contribution in [3.8, 4) is 96.3 Å². The minimum absolute atomic E-state index is 0.146. The van der Waals surface area contributed by atoms with Crippen LogP contribution in [-0.4, -0.2) is 34.5 Å². The second-order valence-electron chi connectivity index (χ2n) is 21.2. The molecule has 362 valence electrons. The molecule has 0 fully saturated rings. The Balaban J connectivity index is 1.06. The second kappa shape index (κ2) is 19.0. The fourth-order valence-electron chi connectivity index (χ4n) is 9.89. The van der Waals surface area contributed by atoms with Crippen molar-refractivity contribution < 1.29 is 0 Å². The maximum Gasteiger partial charge on any atom is 0.164 e. The summed E-state index contributed by atoms with van der Waals surface area (Å²) in [5.74, 6) is 3.78. The number of rotatable bonds is 9. The van der Waals surface area contributed by atoms with E-state index in [0.717, 1.165) is 72.4 Å². The van der Waals surface area contributed by atoms with Gasteiger partial charge in [-0.25, -0.2) is 29.9 Å². The second-order valence-corrected chi connectivity index (χ2v) is 21.2. The minimum Gasteiger partial charge on any atom is -0.308 e. The van der Waals surface area contributed by atoms with Crippen LogP contribution in [0.15, 0.2) is 224 Å². The lowest BCUT2D eigenvalue weighted by Crippen LogP contribution is -2.11. The fraction of sp³-hybridized carbons (Fsp3) is 0.118. The third-order valence-electron chi connectivity index (χ3n) is 14.0. The monoisotopic (exact) mass is 969 g/mol. The molecule has 12 aromatic rings. The molecule has 3 heterocycles. The van der Waals surface area contributed by atoms with Gasteiger partial charge in [-0.3, -0.25) is 0 Å². The van der Waals surface area contributed by atoms with Gasteiger partial charge in [0.05, 0.1) is 11.0 Å². The zero-order chi connectivity index (χ0) is 51.3. The van der Waals surface area contributed by atoms with Crippen LogP contribution in [0.5, 0.6) is 0 Å². The molecule has 3 aromatic heterocycles. The summed E-state index contributed by atoms with van der Waals surface area (Å²) >= 11 is 0. The van der Waals surface area contributed by atoms with Gasteiger partial charge in [0.2, 0.25) is 0 Å². The summed E-state index contributed by atoms with van der Waals surface area (Å²) in [7, 11) is 0. The summed E-state index contributed by atoms with van der Waals surface area (Å²) in [6.45, 7) is 13.8. The first-order chi connectivity index (χ1) is 36.4. The van der Waals surface area contributed by atoms with Gasteiger partial charge in [0, 0.05) is 61.0 Å². The van der Waals surface area contributed by atoms with Crippen molar-refractivity contribution >= 4 is 21.8 Å². The standard InChI is InChI=1S/C68H55N7/c1-67(2,3)52-40-55(44-32-36-50(37-33-44)65-71-61(46-22-12-7-13-23-46)69-62(72-65)47-24-14-8-15-25-47)59-57(42-52)58-43-53(68(4,5)6)41-56(60(58)75(59)54-30-20-11-21-31-54)45-34-38-51(39-35-45)66-73-63(48-26-16-9-17-27-48)70-64(74-66)49-28-18-10-19-29-49/h7-43H,1-6H3. The summed E-state index contributed by atoms with van der Waals surface area (Å²) in [6.07, 6.45) is 0. The van der Waals surface area contributed by atoms with Gasteiger partial charge in [-0.15, -0.1) is 0 Å². The van der Waals surface area contributed by atoms with Crippen molar-refractivity contribution in [2.24, 2.45) is 0 Å². The molecule has 0 saturated heterocycles. The number of nitrogens with zero attached hydrogens (tertiary/aromatic N) is 7. The van der Waals surface area contributed by atoms with Gasteiger partial charge >= 0.3 is 0 Å². The molecule has 12 rings (SSSR count). The van der Waals surface area contributed by atoms with Gasteiger partial charge in [0.15, 0.2) is 34.9 Å². The summed E-state index contributed by atoms with van der Waals surface area (Å²) in [5, 5.41) is 2.41. The van der Waals surface area contributed by atoms with Gasteiger partial charge in [-0.2, -0.15) is 0 Å². The van der Waals surface area contributed by atoms with Crippen molar-refractivity contribution in [3.05, 3.63) is 236 Å². The molecule has 0 radical (unpaired) electrons. The van der Waals surface area contributed by atoms with Crippen LogP contribution in [-0.2, 0) is 10.8 Å². The van der Waals surface area contributed by atoms with E-state index in [1.807, 2.05) is 121 Å². The van der Waals surface area contributed by atoms with Crippen LogP contribution < -0.4 is 0 Å². The lowest BCUT2D eigenvalue weighted by atomic mass is 9.82. The Labute approximate surface area is 438 Å². The zero-order valence-corrected chi connectivity index (χ0v) is 43.0. The summed E-state index contributed by atoms with van der Waals surface area (Å²) in [6, 6.07) is 78.5. The molecule has 0 bridgehead atoms. The number of fused-ring (bicyclic) bond motifs is 3. The van der Waals surface area contributed by atoms with Crippen LogP contribution in [0.1, 0.15) is 52.7 Å². The van der Waals surface area contributed by atoms with Crippen LogP contribution in [0.4, 0.5) is 0 Å². The van der Waals surface area contributed by atoms with Gasteiger partial charge in [0.25, 0.3) is 0 Å². The van der Waals surface area contributed by atoms with E-state index in [9.17, 15) is 0 Å². The first-order valence-electron chi connectivity index (χ1n) is 25.6. The van der Waals surface area contributed by atoms with Gasteiger partial charge in [-0.05, 0) is 69.5 Å². The predicted molar refractivity (Wildman–Crippen MR) is 308 cm³/mol. The van der Waals surface area contributed by atoms with E-state index in [-0.39, 0.29) is 10.8 Å². The van der Waals surface area contributed by atoms with Gasteiger partial charge < -0.3 is 4.57 Å². The molecule has 9 aromatic carbocycles. The highest BCUT2D eigenvalue weighted by Gasteiger charge is 2.27. The lowest BCUT2D eigenvalue weighted by Gasteiger charge is -2.22. The molecule has 7 nitrogen and oxygen atoms in total. The molecule has 0 aliphatic carbocycles. The molecule has 0 aliphatic heterocycles. The Morgan fingerprint density at radius 2 is 0.507 bits per heavy atom. The molecule has 0 spiro atoms. The van der Waals surface area contributed by atoms with Crippen LogP contribution in [0, 0.1) is 0 Å². The molecule has 0 amide bonds. The average Bonchev–Trinajstić information content (AvgIpc) is 3.80. The summed E-state index contributed by atoms with van der Waals surface area (Å²) in [5.41, 5.74) is 15.6. The van der Waals surface area contributed by atoms with Crippen LogP contribution in [0.2, 0.25) is 0 Å². The van der Waals surface area contributed by atoms with Crippen molar-refractivity contribution in [3.63, 3.8) is 0 Å². The molecule has 0 N–H and O–H groups in total. The molecule has 0 unspecified atom stereocenters. The predicted octanol–water partition coefficient (Wildman–Crippen LogP) is 17.1. The quantitative estimate of drug-likeness (QED) is 0.143. The number of hydrogen-bond acceptors (Lipinski definition) is 6. The van der Waals surface area contributed by atoms with Crippen LogP contribution in [0.25, 0.3) is 118 Å². The van der Waals surface area contributed by atoms with E-state index in [1.165, 1.54) is 21.9 Å². The van der Waals surface area contributed by atoms with E-state index in [0.29, 0.717) is 34.9 Å². The molecule has 7 heteroatoms. The minimum atomic E-state index is -0.146. The highest BCUT2D eigenvalue weighted by atomic mass is 15.0. The molecule has 0 saturated carbocycles. The fourth-order valence-corrected chi connectivity index (χ4v) is 9.89. The summed E-state index contributed by atoms with van der Waals surface area (Å²) < 4.78 is 2.49. The first kappa shape index (κ1) is 46.8. The largest absolute Gasteiger partial charge is 0.308 e. The zero-order valence-electron chi connectivity index (χ0n) is 43.0. The third kappa shape index (κ3) is 9.19. The Morgan fingerprint density at radius 3 is 0.773 bits per heavy atom. The third-order valence-corrected chi connectivity index (χ3v) is 14.0. The normalized spacial score (nSPS) is 11.9. The topological polar surface area (TPSA) is 82.3 Å². The molecular formula is C68H55N7. The van der Waals surface area contributed by atoms with E-state index in [2.05, 4.69) is 149 Å². The van der Waals surface area contributed by atoms with Crippen molar-refractivity contribution in [2.75, 3.05) is 0 Å². The van der Waals surface area contributed by atoms with Crippen LogP contribution in [0.3, 0.4) is 0 Å². The number of para-hydroxylation sites is 1. The average molecular weight is 970 g/mol. The Morgan fingerprint density at radius 1 is 0.267 bits per heavy atom. The van der Waals surface area contributed by atoms with E-state index in [4.69, 9.17) is 29.9 Å². The number of hydrogen-bond donors (Lipinski definition) is 0. The van der Waals surface area contributed by atoms with Gasteiger partial charge in [-0.1, -0.05) is 230 Å². The molecule has 0 aliphatic rings. The maximum absolute atomic E-state index is 5.07. The smallest absolute Gasteiger partial charge is 0.164 e. The van der Waals surface area contributed by atoms with Crippen molar-refractivity contribution in [2.45, 2.75) is 52.4 Å². The molecular weight excluding hydrogens is 915 g/mol. The molecule has 0 atom stereocenters. The lowest BCUT2D eigenvalue weighted by molar-refractivity contribution is 0.590. The number of aromatic nitrogens is 7. The van der Waals surface area contributed by atoms with Crippen molar-refractivity contribution in [1.82, 2.24) is 34.5 Å². The first-order valence-corrected chi connectivity index (χ1v) is 25.6. The van der Waals surface area contributed by atoms with E-state index < -0.39 is 0 Å². The van der Waals surface area contributed by atoms with Gasteiger partial charge in [0.1, 0.15) is 0 Å². The maximum atomic E-state index is 5.07.